The van der Waals surface area contributed by atoms with Gasteiger partial charge in [0.05, 0.1) is 25.4 Å². The molecule has 0 spiro atoms. The van der Waals surface area contributed by atoms with Crippen LogP contribution in [0.3, 0.4) is 0 Å². The van der Waals surface area contributed by atoms with Gasteiger partial charge in [0.15, 0.2) is 8.32 Å². The van der Waals surface area contributed by atoms with Gasteiger partial charge in [0.1, 0.15) is 12.4 Å². The maximum Gasteiger partial charge on any atom is 0.254 e. The van der Waals surface area contributed by atoms with E-state index in [1.165, 1.54) is 0 Å². The molecule has 0 N–H and O–H groups in total. The highest BCUT2D eigenvalue weighted by Gasteiger charge is 2.38. The van der Waals surface area contributed by atoms with E-state index in [1.54, 1.807) is 0 Å². The lowest BCUT2D eigenvalue weighted by Gasteiger charge is -2.41. The van der Waals surface area contributed by atoms with E-state index in [0.717, 1.165) is 60.9 Å². The predicted octanol–water partition coefficient (Wildman–Crippen LogP) is 6.41. The molecular weight excluding hydrogens is 504 g/mol. The maximum atomic E-state index is 14.1. The second kappa shape index (κ2) is 13.0. The fourth-order valence-electron chi connectivity index (χ4n) is 4.59. The number of carbonyl (C=O) groups is 1. The van der Waals surface area contributed by atoms with Gasteiger partial charge in [-0.2, -0.15) is 0 Å². The lowest BCUT2D eigenvalue weighted by atomic mass is 9.90. The molecule has 0 unspecified atom stereocenters. The lowest BCUT2D eigenvalue weighted by molar-refractivity contribution is 0.0322. The highest BCUT2D eigenvalue weighted by molar-refractivity contribution is 6.74. The highest BCUT2D eigenvalue weighted by Crippen LogP contribution is 2.37. The number of hydrogen-bond donors (Lipinski definition) is 0. The molecule has 1 amide bonds. The van der Waals surface area contributed by atoms with Gasteiger partial charge >= 0.3 is 0 Å². The van der Waals surface area contributed by atoms with Crippen molar-refractivity contribution in [2.45, 2.75) is 72.1 Å². The lowest BCUT2D eigenvalue weighted by Crippen LogP contribution is -2.49. The number of rotatable bonds is 11. The highest BCUT2D eigenvalue weighted by atomic mass is 28.4. The van der Waals surface area contributed by atoms with Gasteiger partial charge in [0.25, 0.3) is 5.91 Å². The molecule has 1 aliphatic rings. The van der Waals surface area contributed by atoms with E-state index in [0.29, 0.717) is 19.8 Å². The van der Waals surface area contributed by atoms with Gasteiger partial charge in [-0.25, -0.2) is 0 Å². The molecule has 216 valence electrons. The average Bonchev–Trinajstić information content (AvgIpc) is 2.88. The van der Waals surface area contributed by atoms with E-state index in [1.807, 2.05) is 43.0 Å². The third-order valence-corrected chi connectivity index (χ3v) is 13.0. The van der Waals surface area contributed by atoms with Gasteiger partial charge in [-0.15, -0.1) is 0 Å². The first kappa shape index (κ1) is 31.3. The first-order valence-corrected chi connectivity index (χ1v) is 17.2. The number of amides is 1. The van der Waals surface area contributed by atoms with Crippen molar-refractivity contribution in [1.29, 1.82) is 0 Å². The Kier molecular flexibility index (Phi) is 10.4. The van der Waals surface area contributed by atoms with Crippen molar-refractivity contribution in [3.63, 3.8) is 0 Å². The minimum Gasteiger partial charge on any atom is -0.492 e. The van der Waals surface area contributed by atoms with Crippen LogP contribution in [0.15, 0.2) is 42.5 Å². The summed E-state index contributed by atoms with van der Waals surface area (Å²) in [5.74, 6) is 0.877. The van der Waals surface area contributed by atoms with Crippen LogP contribution in [-0.4, -0.2) is 76.6 Å². The molecule has 0 aromatic heterocycles. The number of aryl methyl sites for hydroxylation is 2. The zero-order valence-electron chi connectivity index (χ0n) is 25.7. The summed E-state index contributed by atoms with van der Waals surface area (Å²) in [5.41, 5.74) is 3.34. The zero-order valence-corrected chi connectivity index (χ0v) is 26.7. The minimum atomic E-state index is -1.94. The van der Waals surface area contributed by atoms with Crippen LogP contribution in [0.1, 0.15) is 61.7 Å². The average molecular weight is 555 g/mol. The number of carbonyl (C=O) groups excluding carboxylic acids is 1. The van der Waals surface area contributed by atoms with E-state index >= 15 is 0 Å². The number of ether oxygens (including phenoxy) is 2. The van der Waals surface area contributed by atoms with Crippen molar-refractivity contribution in [1.82, 2.24) is 9.80 Å². The van der Waals surface area contributed by atoms with Gasteiger partial charge in [-0.1, -0.05) is 50.6 Å². The number of benzene rings is 2. The molecule has 3 rings (SSSR count). The van der Waals surface area contributed by atoms with Gasteiger partial charge in [0.2, 0.25) is 0 Å². The summed E-state index contributed by atoms with van der Waals surface area (Å²) >= 11 is 0. The third kappa shape index (κ3) is 8.16. The molecule has 7 heteroatoms. The first-order valence-electron chi connectivity index (χ1n) is 14.3. The van der Waals surface area contributed by atoms with Crippen molar-refractivity contribution in [2.75, 3.05) is 52.6 Å². The van der Waals surface area contributed by atoms with E-state index in [4.69, 9.17) is 13.9 Å². The van der Waals surface area contributed by atoms with Crippen LogP contribution in [0.2, 0.25) is 18.1 Å². The molecular formula is C32H50N2O4Si. The Bertz CT molecular complexity index is 1090. The van der Waals surface area contributed by atoms with E-state index in [9.17, 15) is 4.79 Å². The van der Waals surface area contributed by atoms with Crippen molar-refractivity contribution in [3.05, 3.63) is 64.7 Å². The van der Waals surface area contributed by atoms with Crippen LogP contribution in [0.4, 0.5) is 0 Å². The molecule has 0 radical (unpaired) electrons. The topological polar surface area (TPSA) is 51.2 Å². The largest absolute Gasteiger partial charge is 0.492 e. The first-order chi connectivity index (χ1) is 18.2. The quantitative estimate of drug-likeness (QED) is 0.300. The summed E-state index contributed by atoms with van der Waals surface area (Å²) in [4.78, 5) is 18.4. The molecule has 6 nitrogen and oxygen atoms in total. The summed E-state index contributed by atoms with van der Waals surface area (Å²) < 4.78 is 18.0. The minimum absolute atomic E-state index is 0.0332. The molecule has 1 aliphatic heterocycles. The predicted molar refractivity (Wildman–Crippen MR) is 162 cm³/mol. The van der Waals surface area contributed by atoms with E-state index < -0.39 is 13.9 Å². The van der Waals surface area contributed by atoms with Crippen LogP contribution in [0.25, 0.3) is 0 Å². The molecule has 0 bridgehead atoms. The Balaban J connectivity index is 1.78. The maximum absolute atomic E-state index is 14.1. The van der Waals surface area contributed by atoms with Crippen molar-refractivity contribution >= 4 is 14.2 Å². The van der Waals surface area contributed by atoms with Gasteiger partial charge in [-0.05, 0) is 75.2 Å². The summed E-state index contributed by atoms with van der Waals surface area (Å²) in [7, 11) is -1.94. The second-order valence-electron chi connectivity index (χ2n) is 12.8. The van der Waals surface area contributed by atoms with Crippen LogP contribution < -0.4 is 4.74 Å². The Morgan fingerprint density at radius 3 is 2.23 bits per heavy atom. The molecule has 0 atom stereocenters. The van der Waals surface area contributed by atoms with Crippen LogP contribution in [0.5, 0.6) is 5.75 Å². The molecule has 0 saturated carbocycles. The van der Waals surface area contributed by atoms with Gasteiger partial charge < -0.3 is 18.8 Å². The van der Waals surface area contributed by atoms with E-state index in [2.05, 4.69) is 70.8 Å². The Labute approximate surface area is 237 Å². The zero-order chi connectivity index (χ0) is 28.8. The van der Waals surface area contributed by atoms with Gasteiger partial charge in [-0.3, -0.25) is 9.69 Å². The smallest absolute Gasteiger partial charge is 0.254 e. The molecule has 0 aliphatic carbocycles. The number of nitrogens with zero attached hydrogens (tertiary/aromatic N) is 2. The fraction of sp³-hybridized carbons (Fsp3) is 0.594. The van der Waals surface area contributed by atoms with Crippen LogP contribution in [0, 0.1) is 13.8 Å². The Morgan fingerprint density at radius 2 is 1.62 bits per heavy atom. The fourth-order valence-corrected chi connectivity index (χ4v) is 5.62. The SMILES string of the molecule is Cc1ccc(C)c(C(=O)N(CCO[Si](C)(C)C(C)(C)C)C(C)(C)c2ccc(OCCN3CCOCC3)cc2)c1. The molecule has 2 aromatic rings. The van der Waals surface area contributed by atoms with E-state index in [-0.39, 0.29) is 10.9 Å². The Hall–Kier alpha value is -2.19. The summed E-state index contributed by atoms with van der Waals surface area (Å²) in [6.45, 7) is 25.6. The second-order valence-corrected chi connectivity index (χ2v) is 17.6. The standard InChI is InChI=1S/C32H50N2O4Si/c1-25-10-11-26(2)29(24-25)30(35)34(19-23-38-39(8,9)31(3,4)5)32(6,7)27-12-14-28(15-13-27)37-22-18-33-16-20-36-21-17-33/h10-15,24H,16-23H2,1-9H3. The Morgan fingerprint density at radius 1 is 0.974 bits per heavy atom. The van der Waals surface area contributed by atoms with Crippen molar-refractivity contribution < 1.29 is 18.7 Å². The summed E-state index contributed by atoms with van der Waals surface area (Å²) in [5, 5.41) is 0.113. The normalized spacial score (nSPS) is 15.3. The third-order valence-electron chi connectivity index (χ3n) is 8.47. The van der Waals surface area contributed by atoms with Crippen LogP contribution >= 0.6 is 0 Å². The van der Waals surface area contributed by atoms with Crippen molar-refractivity contribution in [3.8, 4) is 5.75 Å². The van der Waals surface area contributed by atoms with Crippen molar-refractivity contribution in [2.24, 2.45) is 0 Å². The molecule has 1 saturated heterocycles. The summed E-state index contributed by atoms with van der Waals surface area (Å²) in [6, 6.07) is 14.3. The number of morpholine rings is 1. The number of hydrogen-bond acceptors (Lipinski definition) is 5. The molecule has 1 heterocycles. The molecule has 2 aromatic carbocycles. The van der Waals surface area contributed by atoms with Gasteiger partial charge in [0, 0.05) is 31.7 Å². The summed E-state index contributed by atoms with van der Waals surface area (Å²) in [6.07, 6.45) is 0. The monoisotopic (exact) mass is 554 g/mol. The molecule has 1 fully saturated rings. The molecule has 39 heavy (non-hydrogen) atoms. The van der Waals surface area contributed by atoms with Crippen LogP contribution in [-0.2, 0) is 14.7 Å².